The second-order valence-corrected chi connectivity index (χ2v) is 4.99. The van der Waals surface area contributed by atoms with Crippen LogP contribution in [0.3, 0.4) is 0 Å². The quantitative estimate of drug-likeness (QED) is 0.797. The molecule has 1 amide bonds. The highest BCUT2D eigenvalue weighted by molar-refractivity contribution is 7.09. The van der Waals surface area contributed by atoms with Crippen LogP contribution in [0.25, 0.3) is 0 Å². The number of Topliss-reactive ketones (excluding diaryl/α,β-unsaturated/α-hetero) is 1. The molecule has 4 nitrogen and oxygen atoms in total. The molecule has 0 spiro atoms. The number of hydrogen-bond acceptors (Lipinski definition) is 4. The van der Waals surface area contributed by atoms with Crippen molar-refractivity contribution < 1.29 is 14.0 Å². The molecule has 0 unspecified atom stereocenters. The predicted octanol–water partition coefficient (Wildman–Crippen LogP) is 2.82. The maximum atomic E-state index is 12.0. The van der Waals surface area contributed by atoms with Crippen molar-refractivity contribution in [3.05, 3.63) is 46.0 Å². The summed E-state index contributed by atoms with van der Waals surface area (Å²) in [7, 11) is 1.71. The lowest BCUT2D eigenvalue weighted by Crippen LogP contribution is -2.25. The van der Waals surface area contributed by atoms with Crippen LogP contribution in [0.1, 0.15) is 32.9 Å². The van der Waals surface area contributed by atoms with Gasteiger partial charge in [0.25, 0.3) is 5.91 Å². The normalized spacial score (nSPS) is 10.3. The van der Waals surface area contributed by atoms with E-state index in [1.807, 2.05) is 17.5 Å². The molecule has 0 aliphatic carbocycles. The summed E-state index contributed by atoms with van der Waals surface area (Å²) in [6.07, 6.45) is 0. The van der Waals surface area contributed by atoms with Gasteiger partial charge >= 0.3 is 0 Å². The average Bonchev–Trinajstić information content (AvgIpc) is 2.98. The van der Waals surface area contributed by atoms with Crippen molar-refractivity contribution in [3.63, 3.8) is 0 Å². The van der Waals surface area contributed by atoms with Crippen LogP contribution >= 0.6 is 11.3 Å². The minimum absolute atomic E-state index is 0.185. The van der Waals surface area contributed by atoms with Gasteiger partial charge in [-0.2, -0.15) is 0 Å². The molecule has 0 saturated heterocycles. The zero-order chi connectivity index (χ0) is 13.1. The Morgan fingerprint density at radius 2 is 2.00 bits per heavy atom. The third kappa shape index (κ3) is 2.68. The summed E-state index contributed by atoms with van der Waals surface area (Å²) in [5, 5.41) is 1.97. The molecule has 94 valence electrons. The summed E-state index contributed by atoms with van der Waals surface area (Å²) >= 11 is 1.60. The Morgan fingerprint density at radius 3 is 2.56 bits per heavy atom. The Bertz CT molecular complexity index is 557. The fourth-order valence-electron chi connectivity index (χ4n) is 1.54. The van der Waals surface area contributed by atoms with E-state index in [-0.39, 0.29) is 23.2 Å². The van der Waals surface area contributed by atoms with E-state index in [2.05, 4.69) is 0 Å². The smallest absolute Gasteiger partial charge is 0.289 e. The summed E-state index contributed by atoms with van der Waals surface area (Å²) in [4.78, 5) is 25.8. The van der Waals surface area contributed by atoms with E-state index in [0.717, 1.165) is 4.88 Å². The van der Waals surface area contributed by atoms with E-state index in [0.29, 0.717) is 6.54 Å². The molecule has 0 bridgehead atoms. The summed E-state index contributed by atoms with van der Waals surface area (Å²) in [5.41, 5.74) is 0. The Balaban J connectivity index is 2.08. The van der Waals surface area contributed by atoms with Gasteiger partial charge in [0, 0.05) is 18.8 Å². The second-order valence-electron chi connectivity index (χ2n) is 3.96. The van der Waals surface area contributed by atoms with E-state index in [9.17, 15) is 9.59 Å². The molecule has 0 radical (unpaired) electrons. The Morgan fingerprint density at radius 1 is 1.28 bits per heavy atom. The van der Waals surface area contributed by atoms with Gasteiger partial charge in [-0.25, -0.2) is 0 Å². The Hall–Kier alpha value is -1.88. The largest absolute Gasteiger partial charge is 0.448 e. The first kappa shape index (κ1) is 12.6. The number of amides is 1. The number of nitrogens with zero attached hydrogens (tertiary/aromatic N) is 1. The Labute approximate surface area is 109 Å². The van der Waals surface area contributed by atoms with Crippen LogP contribution in [0.4, 0.5) is 0 Å². The average molecular weight is 263 g/mol. The maximum Gasteiger partial charge on any atom is 0.289 e. The molecule has 0 saturated carbocycles. The van der Waals surface area contributed by atoms with Crippen LogP contribution in [0.15, 0.2) is 34.1 Å². The highest BCUT2D eigenvalue weighted by Gasteiger charge is 2.17. The van der Waals surface area contributed by atoms with Gasteiger partial charge in [0.05, 0.1) is 6.54 Å². The lowest BCUT2D eigenvalue weighted by molar-refractivity contribution is 0.0752. The number of furan rings is 1. The molecular formula is C13H13NO3S. The van der Waals surface area contributed by atoms with Crippen molar-refractivity contribution in [2.45, 2.75) is 13.5 Å². The number of thiophene rings is 1. The fourth-order valence-corrected chi connectivity index (χ4v) is 2.30. The fraction of sp³-hybridized carbons (Fsp3) is 0.231. The molecule has 0 aromatic carbocycles. The number of rotatable bonds is 4. The van der Waals surface area contributed by atoms with Crippen LogP contribution in [0, 0.1) is 0 Å². The first-order valence-electron chi connectivity index (χ1n) is 5.46. The zero-order valence-electron chi connectivity index (χ0n) is 10.2. The first-order valence-corrected chi connectivity index (χ1v) is 6.34. The summed E-state index contributed by atoms with van der Waals surface area (Å²) in [6.45, 7) is 1.94. The molecule has 0 fully saturated rings. The summed E-state index contributed by atoms with van der Waals surface area (Å²) in [5.74, 6) is -0.00649. The minimum Gasteiger partial charge on any atom is -0.448 e. The highest BCUT2D eigenvalue weighted by Crippen LogP contribution is 2.15. The second kappa shape index (κ2) is 5.18. The van der Waals surface area contributed by atoms with E-state index in [1.165, 1.54) is 19.1 Å². The van der Waals surface area contributed by atoms with Crippen LogP contribution < -0.4 is 0 Å². The molecule has 2 aromatic heterocycles. The highest BCUT2D eigenvalue weighted by atomic mass is 32.1. The van der Waals surface area contributed by atoms with Crippen molar-refractivity contribution in [3.8, 4) is 0 Å². The molecule has 18 heavy (non-hydrogen) atoms. The van der Waals surface area contributed by atoms with Gasteiger partial charge in [0.15, 0.2) is 17.3 Å². The van der Waals surface area contributed by atoms with Gasteiger partial charge in [0.1, 0.15) is 0 Å². The topological polar surface area (TPSA) is 50.5 Å². The van der Waals surface area contributed by atoms with Crippen molar-refractivity contribution in [2.24, 2.45) is 0 Å². The molecule has 0 N–H and O–H groups in total. The standard InChI is InChI=1S/C13H13NO3S/c1-9(15)11-5-6-12(17-11)13(16)14(2)8-10-4-3-7-18-10/h3-7H,8H2,1-2H3. The lowest BCUT2D eigenvalue weighted by atomic mass is 10.3. The van der Waals surface area contributed by atoms with Gasteiger partial charge in [-0.15, -0.1) is 11.3 Å². The van der Waals surface area contributed by atoms with E-state index < -0.39 is 0 Å². The van der Waals surface area contributed by atoms with Crippen molar-refractivity contribution in [2.75, 3.05) is 7.05 Å². The van der Waals surface area contributed by atoms with E-state index in [4.69, 9.17) is 4.42 Å². The van der Waals surface area contributed by atoms with Crippen molar-refractivity contribution in [1.82, 2.24) is 4.90 Å². The van der Waals surface area contributed by atoms with Crippen LogP contribution in [0.2, 0.25) is 0 Å². The number of carbonyl (C=O) groups is 2. The summed E-state index contributed by atoms with van der Waals surface area (Å²) in [6, 6.07) is 6.97. The van der Waals surface area contributed by atoms with Gasteiger partial charge in [0.2, 0.25) is 0 Å². The first-order chi connectivity index (χ1) is 8.58. The molecule has 0 aliphatic rings. The molecule has 2 rings (SSSR count). The SMILES string of the molecule is CC(=O)c1ccc(C(=O)N(C)Cc2cccs2)o1. The van der Waals surface area contributed by atoms with E-state index >= 15 is 0 Å². The monoisotopic (exact) mass is 263 g/mol. The lowest BCUT2D eigenvalue weighted by Gasteiger charge is -2.14. The third-order valence-corrected chi connectivity index (χ3v) is 3.34. The Kier molecular flexibility index (Phi) is 3.62. The number of ketones is 1. The maximum absolute atomic E-state index is 12.0. The molecule has 5 heteroatoms. The molecule has 0 aliphatic heterocycles. The molecule has 2 aromatic rings. The van der Waals surface area contributed by atoms with Crippen LogP contribution in [0.5, 0.6) is 0 Å². The molecule has 2 heterocycles. The van der Waals surface area contributed by atoms with Crippen molar-refractivity contribution >= 4 is 23.0 Å². The van der Waals surface area contributed by atoms with Crippen molar-refractivity contribution in [1.29, 1.82) is 0 Å². The van der Waals surface area contributed by atoms with Gasteiger partial charge in [-0.05, 0) is 23.6 Å². The van der Waals surface area contributed by atoms with Gasteiger partial charge in [-0.1, -0.05) is 6.07 Å². The van der Waals surface area contributed by atoms with Crippen LogP contribution in [-0.4, -0.2) is 23.6 Å². The van der Waals surface area contributed by atoms with Crippen LogP contribution in [-0.2, 0) is 6.54 Å². The van der Waals surface area contributed by atoms with E-state index in [1.54, 1.807) is 23.3 Å². The summed E-state index contributed by atoms with van der Waals surface area (Å²) < 4.78 is 5.21. The molecule has 0 atom stereocenters. The third-order valence-electron chi connectivity index (χ3n) is 2.48. The number of hydrogen-bond donors (Lipinski definition) is 0. The molecular weight excluding hydrogens is 250 g/mol. The zero-order valence-corrected chi connectivity index (χ0v) is 11.0. The van der Waals surface area contributed by atoms with Gasteiger partial charge in [-0.3, -0.25) is 9.59 Å². The number of carbonyl (C=O) groups excluding carboxylic acids is 2. The van der Waals surface area contributed by atoms with Gasteiger partial charge < -0.3 is 9.32 Å². The predicted molar refractivity (Wildman–Crippen MR) is 68.8 cm³/mol. The minimum atomic E-state index is -0.226.